The van der Waals surface area contributed by atoms with Gasteiger partial charge in [0, 0.05) is 14.1 Å². The van der Waals surface area contributed by atoms with E-state index in [0.29, 0.717) is 29.9 Å². The minimum atomic E-state index is -3.62. The quantitative estimate of drug-likeness (QED) is 0.456. The maximum absolute atomic E-state index is 12.8. The number of hydrogen-bond acceptors (Lipinski definition) is 8. The third-order valence-corrected chi connectivity index (χ3v) is 8.61. The highest BCUT2D eigenvalue weighted by molar-refractivity contribution is 7.99. The molecule has 1 saturated heterocycles. The smallest absolute Gasteiger partial charge is 0.344 e. The van der Waals surface area contributed by atoms with Crippen molar-refractivity contribution in [3.8, 4) is 0 Å². The molecule has 1 saturated carbocycles. The second-order valence-corrected chi connectivity index (χ2v) is 11.6. The number of aromatic nitrogens is 1. The Morgan fingerprint density at radius 3 is 2.70 bits per heavy atom. The van der Waals surface area contributed by atoms with Gasteiger partial charge in [0.15, 0.2) is 5.58 Å². The second kappa shape index (κ2) is 8.61. The van der Waals surface area contributed by atoms with Crippen molar-refractivity contribution < 1.29 is 27.2 Å². The van der Waals surface area contributed by atoms with Crippen LogP contribution in [-0.4, -0.2) is 65.9 Å². The van der Waals surface area contributed by atoms with Gasteiger partial charge in [0.05, 0.1) is 10.6 Å². The van der Waals surface area contributed by atoms with Crippen molar-refractivity contribution in [3.05, 3.63) is 18.2 Å². The van der Waals surface area contributed by atoms with Gasteiger partial charge >= 0.3 is 6.03 Å². The minimum absolute atomic E-state index is 0.0761. The van der Waals surface area contributed by atoms with Crippen LogP contribution in [0.2, 0.25) is 0 Å². The first-order valence-electron chi connectivity index (χ1n) is 10.4. The van der Waals surface area contributed by atoms with E-state index in [1.807, 2.05) is 0 Å². The molecule has 2 aliphatic rings. The maximum Gasteiger partial charge on any atom is 0.344 e. The van der Waals surface area contributed by atoms with Crippen LogP contribution >= 0.6 is 11.8 Å². The third-order valence-electron chi connectivity index (χ3n) is 5.97. The van der Waals surface area contributed by atoms with Gasteiger partial charge in [-0.3, -0.25) is 15.0 Å². The van der Waals surface area contributed by atoms with Crippen LogP contribution in [0.25, 0.3) is 11.1 Å². The highest BCUT2D eigenvalue weighted by atomic mass is 32.2. The van der Waals surface area contributed by atoms with Crippen LogP contribution in [0.4, 0.5) is 4.79 Å². The first kappa shape index (κ1) is 23.5. The lowest BCUT2D eigenvalue weighted by Crippen LogP contribution is -2.51. The van der Waals surface area contributed by atoms with Crippen LogP contribution in [0.5, 0.6) is 0 Å². The molecule has 2 N–H and O–H groups in total. The standard InChI is InChI=1S/C20H25N5O6S2/c1-12-6-8-20(9-7-12)17(27)25(18(28)22-20)23-16(26)11-32-19-21-14-10-13(4-5-15(14)31-19)33(29,30)24(2)3/h4-5,10,12H,6-9,11H2,1-3H3,(H,22,28)(H,23,26). The molecule has 2 aromatic rings. The SMILES string of the molecule is CC1CCC2(CC1)NC(=O)N(NC(=O)CSc1nc3cc(S(=O)(=O)N(C)C)ccc3o1)C2=O. The molecule has 0 bridgehead atoms. The van der Waals surface area contributed by atoms with Gasteiger partial charge in [0.2, 0.25) is 15.9 Å². The number of sulfonamides is 1. The van der Waals surface area contributed by atoms with Crippen molar-refractivity contribution in [2.45, 2.75) is 48.3 Å². The Morgan fingerprint density at radius 2 is 2.03 bits per heavy atom. The lowest BCUT2D eigenvalue weighted by Gasteiger charge is -2.33. The van der Waals surface area contributed by atoms with Crippen LogP contribution < -0.4 is 10.7 Å². The van der Waals surface area contributed by atoms with E-state index in [9.17, 15) is 22.8 Å². The topological polar surface area (TPSA) is 142 Å². The number of thioether (sulfide) groups is 1. The molecule has 0 unspecified atom stereocenters. The lowest BCUT2D eigenvalue weighted by molar-refractivity contribution is -0.139. The number of hydrazine groups is 1. The van der Waals surface area contributed by atoms with Gasteiger partial charge in [-0.05, 0) is 49.8 Å². The van der Waals surface area contributed by atoms with Gasteiger partial charge in [-0.15, -0.1) is 0 Å². The van der Waals surface area contributed by atoms with Gasteiger partial charge in [0.25, 0.3) is 11.1 Å². The van der Waals surface area contributed by atoms with Crippen LogP contribution in [0.3, 0.4) is 0 Å². The summed E-state index contributed by atoms with van der Waals surface area (Å²) >= 11 is 0.968. The van der Waals surface area contributed by atoms with Gasteiger partial charge in [0.1, 0.15) is 11.1 Å². The fraction of sp³-hybridized carbons (Fsp3) is 0.500. The summed E-state index contributed by atoms with van der Waals surface area (Å²) in [5.74, 6) is -0.663. The summed E-state index contributed by atoms with van der Waals surface area (Å²) in [6, 6.07) is 3.68. The molecule has 0 radical (unpaired) electrons. The number of amides is 4. The summed E-state index contributed by atoms with van der Waals surface area (Å²) in [5, 5.41) is 3.66. The highest BCUT2D eigenvalue weighted by Gasteiger charge is 2.52. The average molecular weight is 496 g/mol. The van der Waals surface area contributed by atoms with Crippen LogP contribution in [-0.2, 0) is 19.6 Å². The Morgan fingerprint density at radius 1 is 1.33 bits per heavy atom. The van der Waals surface area contributed by atoms with Crippen LogP contribution in [0, 0.1) is 5.92 Å². The zero-order chi connectivity index (χ0) is 24.0. The summed E-state index contributed by atoms with van der Waals surface area (Å²) in [4.78, 5) is 41.8. The molecule has 2 heterocycles. The Labute approximate surface area is 195 Å². The molecule has 2 fully saturated rings. The van der Waals surface area contributed by atoms with E-state index in [4.69, 9.17) is 4.42 Å². The Hall–Kier alpha value is -2.64. The van der Waals surface area contributed by atoms with Gasteiger partial charge in [-0.25, -0.2) is 22.5 Å². The highest BCUT2D eigenvalue weighted by Crippen LogP contribution is 2.36. The van der Waals surface area contributed by atoms with E-state index in [-0.39, 0.29) is 15.9 Å². The number of nitrogens with zero attached hydrogens (tertiary/aromatic N) is 3. The number of benzene rings is 1. The van der Waals surface area contributed by atoms with Crippen molar-refractivity contribution in [1.82, 2.24) is 25.0 Å². The molecule has 1 aromatic heterocycles. The van der Waals surface area contributed by atoms with Gasteiger partial charge < -0.3 is 9.73 Å². The lowest BCUT2D eigenvalue weighted by atomic mass is 9.77. The number of oxazole rings is 1. The number of nitrogens with one attached hydrogen (secondary N) is 2. The van der Waals surface area contributed by atoms with E-state index in [1.165, 1.54) is 32.3 Å². The maximum atomic E-state index is 12.8. The van der Waals surface area contributed by atoms with Crippen molar-refractivity contribution in [2.24, 2.45) is 5.92 Å². The van der Waals surface area contributed by atoms with E-state index >= 15 is 0 Å². The zero-order valence-electron chi connectivity index (χ0n) is 18.5. The number of fused-ring (bicyclic) bond motifs is 1. The molecule has 4 rings (SSSR count). The first-order chi connectivity index (χ1) is 15.5. The second-order valence-electron chi connectivity index (χ2n) is 8.56. The van der Waals surface area contributed by atoms with Crippen molar-refractivity contribution >= 4 is 50.7 Å². The zero-order valence-corrected chi connectivity index (χ0v) is 20.1. The predicted octanol–water partition coefficient (Wildman–Crippen LogP) is 1.70. The Kier molecular flexibility index (Phi) is 6.14. The number of hydrogen-bond donors (Lipinski definition) is 2. The molecular weight excluding hydrogens is 470 g/mol. The fourth-order valence-corrected chi connectivity index (χ4v) is 5.47. The van der Waals surface area contributed by atoms with Crippen LogP contribution in [0.1, 0.15) is 32.6 Å². The van der Waals surface area contributed by atoms with E-state index < -0.39 is 33.4 Å². The van der Waals surface area contributed by atoms with Gasteiger partial charge in [-0.2, -0.15) is 5.01 Å². The number of urea groups is 1. The summed E-state index contributed by atoms with van der Waals surface area (Å²) in [7, 11) is -0.749. The molecule has 0 atom stereocenters. The van der Waals surface area contributed by atoms with Crippen molar-refractivity contribution in [3.63, 3.8) is 0 Å². The molecule has 13 heteroatoms. The fourth-order valence-electron chi connectivity index (χ4n) is 3.92. The van der Waals surface area contributed by atoms with Crippen LogP contribution in [0.15, 0.2) is 32.7 Å². The summed E-state index contributed by atoms with van der Waals surface area (Å²) in [5.41, 5.74) is 2.14. The largest absolute Gasteiger partial charge is 0.431 e. The summed E-state index contributed by atoms with van der Waals surface area (Å²) < 4.78 is 31.2. The molecule has 178 valence electrons. The van der Waals surface area contributed by atoms with Crippen molar-refractivity contribution in [1.29, 1.82) is 0 Å². The molecular formula is C20H25N5O6S2. The molecule has 1 spiro atoms. The number of carbonyl (C=O) groups excluding carboxylic acids is 3. The molecule has 1 aromatic carbocycles. The predicted molar refractivity (Wildman–Crippen MR) is 119 cm³/mol. The van der Waals surface area contributed by atoms with E-state index in [2.05, 4.69) is 22.7 Å². The van der Waals surface area contributed by atoms with E-state index in [1.54, 1.807) is 0 Å². The Bertz CT molecular complexity index is 1220. The minimum Gasteiger partial charge on any atom is -0.431 e. The van der Waals surface area contributed by atoms with E-state index in [0.717, 1.165) is 33.9 Å². The molecule has 1 aliphatic carbocycles. The first-order valence-corrected chi connectivity index (χ1v) is 12.9. The molecule has 33 heavy (non-hydrogen) atoms. The molecule has 11 nitrogen and oxygen atoms in total. The number of carbonyl (C=O) groups is 3. The average Bonchev–Trinajstić information content (AvgIpc) is 3.28. The summed E-state index contributed by atoms with van der Waals surface area (Å²) in [6.07, 6.45) is 2.76. The third kappa shape index (κ3) is 4.44. The van der Waals surface area contributed by atoms with Gasteiger partial charge in [-0.1, -0.05) is 18.7 Å². The molecule has 1 aliphatic heterocycles. The summed E-state index contributed by atoms with van der Waals surface area (Å²) in [6.45, 7) is 2.11. The molecule has 4 amide bonds. The normalized spacial score (nSPS) is 23.5. The number of rotatable bonds is 6. The Balaban J connectivity index is 1.39. The number of imide groups is 1. The monoisotopic (exact) mass is 495 g/mol. The van der Waals surface area contributed by atoms with Crippen molar-refractivity contribution in [2.75, 3.05) is 19.8 Å².